The Labute approximate surface area is 116 Å². The molecular formula is C14H18F3NS. The van der Waals surface area contributed by atoms with Crippen molar-refractivity contribution < 1.29 is 13.2 Å². The van der Waals surface area contributed by atoms with Gasteiger partial charge in [-0.3, -0.25) is 0 Å². The molecule has 0 radical (unpaired) electrons. The van der Waals surface area contributed by atoms with E-state index in [9.17, 15) is 13.2 Å². The number of hydrogen-bond donors (Lipinski definition) is 1. The average Bonchev–Trinajstić information content (AvgIpc) is 2.23. The SMILES string of the molecule is CC(NCc1ccc(SC(F)(F)F)cc1)C1CCC1. The number of nitrogens with one attached hydrogen (secondary N) is 1. The second kappa shape index (κ2) is 6.18. The molecule has 0 heterocycles. The van der Waals surface area contributed by atoms with Gasteiger partial charge in [0.15, 0.2) is 0 Å². The van der Waals surface area contributed by atoms with Crippen LogP contribution in [0, 0.1) is 5.92 Å². The first-order valence-electron chi connectivity index (χ1n) is 6.52. The zero-order valence-electron chi connectivity index (χ0n) is 10.8. The molecule has 1 unspecified atom stereocenters. The first-order chi connectivity index (χ1) is 8.94. The van der Waals surface area contributed by atoms with Gasteiger partial charge in [0.2, 0.25) is 0 Å². The summed E-state index contributed by atoms with van der Waals surface area (Å²) in [4.78, 5) is 0.239. The smallest absolute Gasteiger partial charge is 0.310 e. The highest BCUT2D eigenvalue weighted by molar-refractivity contribution is 8.00. The molecule has 1 N–H and O–H groups in total. The van der Waals surface area contributed by atoms with E-state index in [-0.39, 0.29) is 16.7 Å². The molecule has 19 heavy (non-hydrogen) atoms. The maximum absolute atomic E-state index is 12.2. The quantitative estimate of drug-likeness (QED) is 0.796. The monoisotopic (exact) mass is 289 g/mol. The van der Waals surface area contributed by atoms with Crippen molar-refractivity contribution in [2.75, 3.05) is 0 Å². The standard InChI is InChI=1S/C14H18F3NS/c1-10(12-3-2-4-12)18-9-11-5-7-13(8-6-11)19-14(15,16)17/h5-8,10,12,18H,2-4,9H2,1H3. The van der Waals surface area contributed by atoms with Crippen LogP contribution in [0.15, 0.2) is 29.2 Å². The van der Waals surface area contributed by atoms with Gasteiger partial charge in [-0.15, -0.1) is 0 Å². The van der Waals surface area contributed by atoms with Crippen LogP contribution in [0.2, 0.25) is 0 Å². The Hall–Kier alpha value is -0.680. The van der Waals surface area contributed by atoms with E-state index in [1.807, 2.05) is 0 Å². The summed E-state index contributed by atoms with van der Waals surface area (Å²) < 4.78 is 36.5. The predicted octanol–water partition coefficient (Wildman–Crippen LogP) is 4.58. The van der Waals surface area contributed by atoms with Gasteiger partial charge in [0, 0.05) is 17.5 Å². The van der Waals surface area contributed by atoms with Gasteiger partial charge >= 0.3 is 5.51 Å². The molecule has 5 heteroatoms. The molecule has 1 aliphatic rings. The largest absolute Gasteiger partial charge is 0.446 e. The second-order valence-electron chi connectivity index (χ2n) is 5.05. The summed E-state index contributed by atoms with van der Waals surface area (Å²) >= 11 is -0.0689. The number of halogens is 3. The van der Waals surface area contributed by atoms with E-state index in [1.165, 1.54) is 31.4 Å². The van der Waals surface area contributed by atoms with Crippen molar-refractivity contribution in [2.24, 2.45) is 5.92 Å². The van der Waals surface area contributed by atoms with Gasteiger partial charge in [0.05, 0.1) is 0 Å². The maximum atomic E-state index is 12.2. The van der Waals surface area contributed by atoms with Crippen LogP contribution < -0.4 is 5.32 Å². The Bertz CT molecular complexity index is 398. The van der Waals surface area contributed by atoms with Crippen molar-refractivity contribution in [1.82, 2.24) is 5.32 Å². The minimum absolute atomic E-state index is 0.0689. The van der Waals surface area contributed by atoms with Crippen LogP contribution in [0.3, 0.4) is 0 Å². The van der Waals surface area contributed by atoms with Gasteiger partial charge < -0.3 is 5.32 Å². The van der Waals surface area contributed by atoms with Crippen molar-refractivity contribution >= 4 is 11.8 Å². The third-order valence-corrected chi connectivity index (χ3v) is 4.38. The average molecular weight is 289 g/mol. The van der Waals surface area contributed by atoms with Crippen molar-refractivity contribution in [3.8, 4) is 0 Å². The van der Waals surface area contributed by atoms with E-state index in [1.54, 1.807) is 12.1 Å². The fraction of sp³-hybridized carbons (Fsp3) is 0.571. The Morgan fingerprint density at radius 3 is 2.37 bits per heavy atom. The summed E-state index contributed by atoms with van der Waals surface area (Å²) in [7, 11) is 0. The fourth-order valence-corrected chi connectivity index (χ4v) is 2.73. The molecule has 1 nitrogen and oxygen atoms in total. The van der Waals surface area contributed by atoms with Crippen molar-refractivity contribution in [3.05, 3.63) is 29.8 Å². The van der Waals surface area contributed by atoms with Crippen LogP contribution in [0.5, 0.6) is 0 Å². The first-order valence-corrected chi connectivity index (χ1v) is 7.34. The summed E-state index contributed by atoms with van der Waals surface area (Å²) in [5.74, 6) is 0.764. The molecule has 1 aromatic carbocycles. The molecule has 1 atom stereocenters. The summed E-state index contributed by atoms with van der Waals surface area (Å²) in [5, 5.41) is 3.44. The predicted molar refractivity (Wildman–Crippen MR) is 72.0 cm³/mol. The molecule has 0 saturated heterocycles. The lowest BCUT2D eigenvalue weighted by molar-refractivity contribution is -0.0328. The minimum atomic E-state index is -4.21. The van der Waals surface area contributed by atoms with Gasteiger partial charge in [0.1, 0.15) is 0 Å². The van der Waals surface area contributed by atoms with Crippen LogP contribution >= 0.6 is 11.8 Å². The highest BCUT2D eigenvalue weighted by Gasteiger charge is 2.29. The highest BCUT2D eigenvalue weighted by atomic mass is 32.2. The molecule has 0 aromatic heterocycles. The van der Waals surface area contributed by atoms with E-state index in [0.29, 0.717) is 12.6 Å². The Balaban J connectivity index is 1.81. The van der Waals surface area contributed by atoms with Crippen molar-refractivity contribution in [3.63, 3.8) is 0 Å². The van der Waals surface area contributed by atoms with Gasteiger partial charge in [-0.05, 0) is 55.1 Å². The van der Waals surface area contributed by atoms with Crippen LogP contribution in [-0.2, 0) is 6.54 Å². The van der Waals surface area contributed by atoms with E-state index >= 15 is 0 Å². The normalized spacial score (nSPS) is 18.1. The molecule has 0 spiro atoms. The van der Waals surface area contributed by atoms with E-state index in [4.69, 9.17) is 0 Å². The zero-order valence-corrected chi connectivity index (χ0v) is 11.7. The fourth-order valence-electron chi connectivity index (χ4n) is 2.19. The number of hydrogen-bond acceptors (Lipinski definition) is 2. The molecule has 1 saturated carbocycles. The van der Waals surface area contributed by atoms with Crippen LogP contribution in [-0.4, -0.2) is 11.6 Å². The molecule has 106 valence electrons. The summed E-state index contributed by atoms with van der Waals surface area (Å²) in [6.07, 6.45) is 3.89. The molecule has 1 aliphatic carbocycles. The van der Waals surface area contributed by atoms with Crippen molar-refractivity contribution in [2.45, 2.75) is 49.2 Å². The third-order valence-electron chi connectivity index (χ3n) is 3.64. The molecule has 0 bridgehead atoms. The number of benzene rings is 1. The second-order valence-corrected chi connectivity index (χ2v) is 6.19. The lowest BCUT2D eigenvalue weighted by Crippen LogP contribution is -2.36. The Morgan fingerprint density at radius 1 is 1.26 bits per heavy atom. The van der Waals surface area contributed by atoms with Crippen LogP contribution in [0.25, 0.3) is 0 Å². The summed E-state index contributed by atoms with van der Waals surface area (Å²) in [6.45, 7) is 2.90. The van der Waals surface area contributed by atoms with Crippen LogP contribution in [0.4, 0.5) is 13.2 Å². The zero-order chi connectivity index (χ0) is 13.9. The van der Waals surface area contributed by atoms with E-state index < -0.39 is 5.51 Å². The van der Waals surface area contributed by atoms with Crippen molar-refractivity contribution in [1.29, 1.82) is 0 Å². The third kappa shape index (κ3) is 4.73. The van der Waals surface area contributed by atoms with Crippen LogP contribution in [0.1, 0.15) is 31.7 Å². The summed E-state index contributed by atoms with van der Waals surface area (Å²) in [6, 6.07) is 7.06. The Kier molecular flexibility index (Phi) is 4.79. The maximum Gasteiger partial charge on any atom is 0.446 e. The number of thioether (sulfide) groups is 1. The van der Waals surface area contributed by atoms with Gasteiger partial charge in [-0.2, -0.15) is 13.2 Å². The molecular weight excluding hydrogens is 271 g/mol. The minimum Gasteiger partial charge on any atom is -0.310 e. The number of rotatable bonds is 5. The molecule has 1 fully saturated rings. The van der Waals surface area contributed by atoms with Gasteiger partial charge in [-0.25, -0.2) is 0 Å². The summed E-state index contributed by atoms with van der Waals surface area (Å²) in [5.41, 5.74) is -3.18. The Morgan fingerprint density at radius 2 is 1.89 bits per heavy atom. The lowest BCUT2D eigenvalue weighted by atomic mass is 9.80. The molecule has 0 amide bonds. The highest BCUT2D eigenvalue weighted by Crippen LogP contribution is 2.36. The lowest BCUT2D eigenvalue weighted by Gasteiger charge is -2.32. The van der Waals surface area contributed by atoms with Gasteiger partial charge in [0.25, 0.3) is 0 Å². The number of alkyl halides is 3. The first kappa shape index (κ1) is 14.7. The van der Waals surface area contributed by atoms with E-state index in [2.05, 4.69) is 12.2 Å². The molecule has 0 aliphatic heterocycles. The molecule has 2 rings (SSSR count). The van der Waals surface area contributed by atoms with E-state index in [0.717, 1.165) is 11.5 Å². The topological polar surface area (TPSA) is 12.0 Å². The molecule has 1 aromatic rings. The van der Waals surface area contributed by atoms with Gasteiger partial charge in [-0.1, -0.05) is 18.6 Å².